The van der Waals surface area contributed by atoms with Crippen molar-refractivity contribution in [1.82, 2.24) is 9.97 Å². The van der Waals surface area contributed by atoms with Crippen molar-refractivity contribution in [2.24, 2.45) is 5.92 Å². The van der Waals surface area contributed by atoms with E-state index in [-0.39, 0.29) is 0 Å². The van der Waals surface area contributed by atoms with Crippen molar-refractivity contribution in [1.29, 1.82) is 0 Å². The number of nitrogens with two attached hydrogens (primary N) is 1. The Bertz CT molecular complexity index is 353. The number of rotatable bonds is 2. The van der Waals surface area contributed by atoms with Gasteiger partial charge in [-0.2, -0.15) is 0 Å². The van der Waals surface area contributed by atoms with Gasteiger partial charge >= 0.3 is 0 Å². The van der Waals surface area contributed by atoms with Crippen LogP contribution in [0.25, 0.3) is 0 Å². The molecule has 1 aliphatic rings. The van der Waals surface area contributed by atoms with Crippen molar-refractivity contribution in [3.8, 4) is 0 Å². The van der Waals surface area contributed by atoms with Crippen molar-refractivity contribution < 1.29 is 0 Å². The summed E-state index contributed by atoms with van der Waals surface area (Å²) in [7, 11) is 2.09. The van der Waals surface area contributed by atoms with Gasteiger partial charge in [0.15, 0.2) is 0 Å². The zero-order valence-electron chi connectivity index (χ0n) is 10.1. The minimum absolute atomic E-state index is 0.493. The molecular formula is C12H20N4. The molecule has 2 N–H and O–H groups in total. The van der Waals surface area contributed by atoms with Crippen molar-refractivity contribution >= 4 is 11.6 Å². The fourth-order valence-corrected chi connectivity index (χ4v) is 2.58. The molecule has 0 bridgehead atoms. The highest BCUT2D eigenvalue weighted by molar-refractivity contribution is 5.41. The van der Waals surface area contributed by atoms with Crippen LogP contribution in [-0.4, -0.2) is 23.1 Å². The van der Waals surface area contributed by atoms with Crippen molar-refractivity contribution in [2.45, 2.75) is 38.6 Å². The summed E-state index contributed by atoms with van der Waals surface area (Å²) in [4.78, 5) is 10.6. The monoisotopic (exact) mass is 220 g/mol. The largest absolute Gasteiger partial charge is 0.382 e. The third-order valence-electron chi connectivity index (χ3n) is 3.57. The van der Waals surface area contributed by atoms with Gasteiger partial charge in [-0.25, -0.2) is 4.98 Å². The molecule has 88 valence electrons. The van der Waals surface area contributed by atoms with Gasteiger partial charge < -0.3 is 10.6 Å². The van der Waals surface area contributed by atoms with E-state index in [9.17, 15) is 0 Å². The quantitative estimate of drug-likeness (QED) is 0.829. The van der Waals surface area contributed by atoms with Crippen LogP contribution in [0.1, 0.15) is 32.6 Å². The van der Waals surface area contributed by atoms with Gasteiger partial charge in [-0.3, -0.25) is 4.98 Å². The average Bonchev–Trinajstić information content (AvgIpc) is 2.29. The third-order valence-corrected chi connectivity index (χ3v) is 3.57. The molecule has 1 fully saturated rings. The lowest BCUT2D eigenvalue weighted by Gasteiger charge is -2.36. The van der Waals surface area contributed by atoms with Gasteiger partial charge in [-0.15, -0.1) is 0 Å². The van der Waals surface area contributed by atoms with Gasteiger partial charge in [-0.1, -0.05) is 19.8 Å². The fraction of sp³-hybridized carbons (Fsp3) is 0.667. The van der Waals surface area contributed by atoms with Crippen LogP contribution < -0.4 is 10.6 Å². The van der Waals surface area contributed by atoms with Crippen LogP contribution in [0.5, 0.6) is 0 Å². The van der Waals surface area contributed by atoms with Crippen LogP contribution in [0.2, 0.25) is 0 Å². The minimum atomic E-state index is 0.493. The van der Waals surface area contributed by atoms with E-state index in [2.05, 4.69) is 28.8 Å². The van der Waals surface area contributed by atoms with E-state index in [1.165, 1.54) is 25.7 Å². The zero-order valence-corrected chi connectivity index (χ0v) is 10.1. The second-order valence-electron chi connectivity index (χ2n) is 4.74. The van der Waals surface area contributed by atoms with Crippen LogP contribution in [0, 0.1) is 5.92 Å². The number of nitrogen functional groups attached to an aromatic ring is 1. The van der Waals surface area contributed by atoms with Crippen LogP contribution in [-0.2, 0) is 0 Å². The summed E-state index contributed by atoms with van der Waals surface area (Å²) in [5.74, 6) is 2.11. The van der Waals surface area contributed by atoms with E-state index in [1.54, 1.807) is 12.4 Å². The maximum Gasteiger partial charge on any atom is 0.149 e. The Kier molecular flexibility index (Phi) is 3.27. The Morgan fingerprint density at radius 3 is 2.75 bits per heavy atom. The smallest absolute Gasteiger partial charge is 0.149 e. The average molecular weight is 220 g/mol. The summed E-state index contributed by atoms with van der Waals surface area (Å²) in [6.45, 7) is 2.32. The summed E-state index contributed by atoms with van der Waals surface area (Å²) in [6.07, 6.45) is 8.60. The summed E-state index contributed by atoms with van der Waals surface area (Å²) < 4.78 is 0. The van der Waals surface area contributed by atoms with E-state index in [0.717, 1.165) is 11.7 Å². The lowest BCUT2D eigenvalue weighted by molar-refractivity contribution is 0.320. The van der Waals surface area contributed by atoms with Gasteiger partial charge in [0.25, 0.3) is 0 Å². The highest BCUT2D eigenvalue weighted by atomic mass is 15.2. The molecule has 0 saturated heterocycles. The molecule has 1 aromatic rings. The first-order valence-corrected chi connectivity index (χ1v) is 5.99. The molecule has 2 unspecified atom stereocenters. The van der Waals surface area contributed by atoms with Crippen LogP contribution in [0.4, 0.5) is 11.6 Å². The van der Waals surface area contributed by atoms with Gasteiger partial charge in [0, 0.05) is 13.1 Å². The summed E-state index contributed by atoms with van der Waals surface area (Å²) in [5, 5.41) is 0. The van der Waals surface area contributed by atoms with E-state index in [4.69, 9.17) is 5.73 Å². The molecule has 1 aliphatic carbocycles. The van der Waals surface area contributed by atoms with Crippen molar-refractivity contribution in [3.63, 3.8) is 0 Å². The fourth-order valence-electron chi connectivity index (χ4n) is 2.58. The molecule has 16 heavy (non-hydrogen) atoms. The first kappa shape index (κ1) is 11.2. The topological polar surface area (TPSA) is 55.0 Å². The Morgan fingerprint density at radius 1 is 1.31 bits per heavy atom. The molecular weight excluding hydrogens is 200 g/mol. The molecule has 1 aromatic heterocycles. The molecule has 4 heteroatoms. The maximum atomic E-state index is 5.66. The summed E-state index contributed by atoms with van der Waals surface area (Å²) in [5.41, 5.74) is 5.66. The van der Waals surface area contributed by atoms with E-state index < -0.39 is 0 Å². The molecule has 4 nitrogen and oxygen atoms in total. The second-order valence-corrected chi connectivity index (χ2v) is 4.74. The van der Waals surface area contributed by atoms with Gasteiger partial charge in [0.2, 0.25) is 0 Å². The lowest BCUT2D eigenvalue weighted by Crippen LogP contribution is -2.39. The number of hydrogen-bond acceptors (Lipinski definition) is 4. The van der Waals surface area contributed by atoms with E-state index in [0.29, 0.717) is 11.9 Å². The molecule has 0 radical (unpaired) electrons. The van der Waals surface area contributed by atoms with Crippen molar-refractivity contribution in [3.05, 3.63) is 12.4 Å². The maximum absolute atomic E-state index is 5.66. The Labute approximate surface area is 96.9 Å². The highest BCUT2D eigenvalue weighted by Crippen LogP contribution is 2.29. The first-order valence-electron chi connectivity index (χ1n) is 5.99. The second kappa shape index (κ2) is 4.68. The number of nitrogens with zero attached hydrogens (tertiary/aromatic N) is 3. The lowest BCUT2D eigenvalue weighted by atomic mass is 9.85. The van der Waals surface area contributed by atoms with E-state index >= 15 is 0 Å². The zero-order chi connectivity index (χ0) is 11.5. The molecule has 2 atom stereocenters. The molecule has 1 heterocycles. The van der Waals surface area contributed by atoms with Crippen LogP contribution in [0.3, 0.4) is 0 Å². The van der Waals surface area contributed by atoms with Crippen LogP contribution in [0.15, 0.2) is 12.4 Å². The molecule has 0 aromatic carbocycles. The summed E-state index contributed by atoms with van der Waals surface area (Å²) in [6, 6.07) is 0.574. The Hall–Kier alpha value is -1.32. The molecule has 2 rings (SSSR count). The van der Waals surface area contributed by atoms with Gasteiger partial charge in [-0.05, 0) is 18.8 Å². The molecule has 0 amide bonds. The summed E-state index contributed by atoms with van der Waals surface area (Å²) >= 11 is 0. The number of hydrogen-bond donors (Lipinski definition) is 1. The predicted molar refractivity (Wildman–Crippen MR) is 66.3 cm³/mol. The van der Waals surface area contributed by atoms with Crippen LogP contribution >= 0.6 is 0 Å². The third kappa shape index (κ3) is 2.26. The number of aromatic nitrogens is 2. The SMILES string of the molecule is CC1CCCCC1N(C)c1cncc(N)n1. The minimum Gasteiger partial charge on any atom is -0.382 e. The van der Waals surface area contributed by atoms with Crippen molar-refractivity contribution in [2.75, 3.05) is 17.7 Å². The van der Waals surface area contributed by atoms with Gasteiger partial charge in [0.1, 0.15) is 11.6 Å². The number of anilines is 2. The standard InChI is InChI=1S/C12H20N4/c1-9-5-3-4-6-10(9)16(2)12-8-14-7-11(13)15-12/h7-10H,3-6H2,1-2H3,(H2,13,15). The van der Waals surface area contributed by atoms with E-state index in [1.807, 2.05) is 0 Å². The Morgan fingerprint density at radius 2 is 2.06 bits per heavy atom. The first-order chi connectivity index (χ1) is 7.68. The predicted octanol–water partition coefficient (Wildman–Crippen LogP) is 2.07. The molecule has 0 aliphatic heterocycles. The molecule has 0 spiro atoms. The molecule has 1 saturated carbocycles. The highest BCUT2D eigenvalue weighted by Gasteiger charge is 2.25. The Balaban J connectivity index is 2.14. The normalized spacial score (nSPS) is 25.4. The van der Waals surface area contributed by atoms with Gasteiger partial charge in [0.05, 0.1) is 12.4 Å².